The fourth-order valence-electron chi connectivity index (χ4n) is 2.28. The van der Waals surface area contributed by atoms with Gasteiger partial charge in [0.25, 0.3) is 0 Å². The first kappa shape index (κ1) is 12.3. The molecule has 0 bridgehead atoms. The van der Waals surface area contributed by atoms with E-state index in [1.54, 1.807) is 0 Å². The highest BCUT2D eigenvalue weighted by atomic mass is 35.5. The van der Waals surface area contributed by atoms with Crippen LogP contribution >= 0.6 is 11.6 Å². The molecule has 1 aliphatic heterocycles. The fourth-order valence-corrected chi connectivity index (χ4v) is 2.40. The minimum Gasteiger partial charge on any atom is -0.486 e. The molecule has 1 aliphatic rings. The Labute approximate surface area is 125 Å². The largest absolute Gasteiger partial charge is 0.486 e. The quantitative estimate of drug-likeness (QED) is 0.757. The summed E-state index contributed by atoms with van der Waals surface area (Å²) in [6.45, 7) is 1.14. The normalized spacial score (nSPS) is 13.4. The number of aromatic amines is 1. The Hall–Kier alpha value is -2.40. The van der Waals surface area contributed by atoms with Crippen LogP contribution in [0.1, 0.15) is 0 Å². The van der Waals surface area contributed by atoms with E-state index in [0.29, 0.717) is 24.2 Å². The standard InChI is InChI=1S/C15H12ClN3O2/c16-9-1-3-10(4-2-9)17-15-18-11-7-13-14(8-12(11)19-15)21-6-5-20-13/h1-4,7-8H,5-6H2,(H2,17,18,19). The minimum absolute atomic E-state index is 0.568. The van der Waals surface area contributed by atoms with Crippen molar-refractivity contribution in [3.8, 4) is 11.5 Å². The van der Waals surface area contributed by atoms with Crippen LogP contribution in [0.2, 0.25) is 5.02 Å². The van der Waals surface area contributed by atoms with Gasteiger partial charge in [0.1, 0.15) is 13.2 Å². The highest BCUT2D eigenvalue weighted by Gasteiger charge is 2.14. The lowest BCUT2D eigenvalue weighted by Crippen LogP contribution is -2.15. The van der Waals surface area contributed by atoms with Crippen LogP contribution in [-0.4, -0.2) is 23.2 Å². The van der Waals surface area contributed by atoms with Gasteiger partial charge in [-0.15, -0.1) is 0 Å². The molecule has 5 nitrogen and oxygen atoms in total. The smallest absolute Gasteiger partial charge is 0.205 e. The zero-order chi connectivity index (χ0) is 14.2. The molecule has 0 fully saturated rings. The van der Waals surface area contributed by atoms with Crippen molar-refractivity contribution in [2.45, 2.75) is 0 Å². The molecule has 4 rings (SSSR count). The lowest BCUT2D eigenvalue weighted by atomic mass is 10.2. The molecule has 106 valence electrons. The van der Waals surface area contributed by atoms with Crippen LogP contribution in [0.15, 0.2) is 36.4 Å². The summed E-state index contributed by atoms with van der Waals surface area (Å²) in [5.41, 5.74) is 2.64. The molecule has 0 amide bonds. The number of anilines is 2. The Bertz CT molecular complexity index is 756. The van der Waals surface area contributed by atoms with Crippen molar-refractivity contribution in [1.29, 1.82) is 0 Å². The van der Waals surface area contributed by atoms with Crippen LogP contribution in [0, 0.1) is 0 Å². The van der Waals surface area contributed by atoms with Gasteiger partial charge in [0.05, 0.1) is 11.0 Å². The number of hydrogen-bond donors (Lipinski definition) is 2. The number of aromatic nitrogens is 2. The van der Waals surface area contributed by atoms with Crippen LogP contribution in [0.4, 0.5) is 11.6 Å². The van der Waals surface area contributed by atoms with Crippen molar-refractivity contribution >= 4 is 34.3 Å². The van der Waals surface area contributed by atoms with Crippen LogP contribution in [-0.2, 0) is 0 Å². The predicted molar refractivity (Wildman–Crippen MR) is 81.8 cm³/mol. The van der Waals surface area contributed by atoms with Gasteiger partial charge in [0.2, 0.25) is 5.95 Å². The van der Waals surface area contributed by atoms with Gasteiger partial charge >= 0.3 is 0 Å². The third-order valence-electron chi connectivity index (χ3n) is 3.25. The lowest BCUT2D eigenvalue weighted by Gasteiger charge is -2.17. The van der Waals surface area contributed by atoms with Gasteiger partial charge in [-0.25, -0.2) is 4.98 Å². The number of imidazole rings is 1. The van der Waals surface area contributed by atoms with Gasteiger partial charge in [0.15, 0.2) is 11.5 Å². The fraction of sp³-hybridized carbons (Fsp3) is 0.133. The van der Waals surface area contributed by atoms with E-state index in [1.807, 2.05) is 36.4 Å². The first-order valence-corrected chi connectivity index (χ1v) is 6.98. The summed E-state index contributed by atoms with van der Waals surface area (Å²) in [6, 6.07) is 11.2. The Morgan fingerprint density at radius 1 is 1.05 bits per heavy atom. The summed E-state index contributed by atoms with van der Waals surface area (Å²) in [5.74, 6) is 2.14. The number of nitrogens with zero attached hydrogens (tertiary/aromatic N) is 1. The molecule has 2 heterocycles. The first-order chi connectivity index (χ1) is 10.3. The number of nitrogens with one attached hydrogen (secondary N) is 2. The van der Waals surface area contributed by atoms with E-state index in [0.717, 1.165) is 28.2 Å². The van der Waals surface area contributed by atoms with Crippen LogP contribution in [0.3, 0.4) is 0 Å². The first-order valence-electron chi connectivity index (χ1n) is 6.60. The topological polar surface area (TPSA) is 59.2 Å². The second-order valence-electron chi connectivity index (χ2n) is 4.73. The second kappa shape index (κ2) is 4.86. The number of benzene rings is 2. The molecule has 3 aromatic rings. The monoisotopic (exact) mass is 301 g/mol. The van der Waals surface area contributed by atoms with Gasteiger partial charge in [-0.3, -0.25) is 0 Å². The van der Waals surface area contributed by atoms with Crippen molar-refractivity contribution in [3.63, 3.8) is 0 Å². The van der Waals surface area contributed by atoms with Crippen LogP contribution in [0.25, 0.3) is 11.0 Å². The highest BCUT2D eigenvalue weighted by Crippen LogP contribution is 2.34. The predicted octanol–water partition coefficient (Wildman–Crippen LogP) is 3.73. The summed E-state index contributed by atoms with van der Waals surface area (Å²) < 4.78 is 11.1. The average molecular weight is 302 g/mol. The maximum Gasteiger partial charge on any atom is 0.205 e. The second-order valence-corrected chi connectivity index (χ2v) is 5.17. The summed E-state index contributed by atoms with van der Waals surface area (Å²) in [6.07, 6.45) is 0. The number of rotatable bonds is 2. The van der Waals surface area contributed by atoms with E-state index in [1.165, 1.54) is 0 Å². The van der Waals surface area contributed by atoms with Crippen LogP contribution in [0.5, 0.6) is 11.5 Å². The minimum atomic E-state index is 0.568. The third kappa shape index (κ3) is 2.36. The van der Waals surface area contributed by atoms with Crippen molar-refractivity contribution in [2.24, 2.45) is 0 Å². The van der Waals surface area contributed by atoms with Crippen molar-refractivity contribution in [3.05, 3.63) is 41.4 Å². The molecule has 0 spiro atoms. The molecule has 0 saturated heterocycles. The Kier molecular flexibility index (Phi) is 2.86. The molecule has 0 unspecified atom stereocenters. The van der Waals surface area contributed by atoms with E-state index in [-0.39, 0.29) is 0 Å². The van der Waals surface area contributed by atoms with Gasteiger partial charge in [0, 0.05) is 22.8 Å². The summed E-state index contributed by atoms with van der Waals surface area (Å²) in [4.78, 5) is 7.72. The maximum absolute atomic E-state index is 5.87. The number of ether oxygens (including phenoxy) is 2. The summed E-state index contributed by atoms with van der Waals surface area (Å²) in [5, 5.41) is 3.91. The van der Waals surface area contributed by atoms with Gasteiger partial charge in [-0.2, -0.15) is 0 Å². The highest BCUT2D eigenvalue weighted by molar-refractivity contribution is 6.30. The van der Waals surface area contributed by atoms with Gasteiger partial charge in [-0.1, -0.05) is 11.6 Å². The van der Waals surface area contributed by atoms with Crippen LogP contribution < -0.4 is 14.8 Å². The van der Waals surface area contributed by atoms with E-state index in [2.05, 4.69) is 15.3 Å². The van der Waals surface area contributed by atoms with E-state index in [4.69, 9.17) is 21.1 Å². The molecule has 21 heavy (non-hydrogen) atoms. The molecule has 0 saturated carbocycles. The average Bonchev–Trinajstić information content (AvgIpc) is 2.88. The molecular weight excluding hydrogens is 290 g/mol. The SMILES string of the molecule is Clc1ccc(Nc2nc3cc4c(cc3[nH]2)OCCO4)cc1. The zero-order valence-electron chi connectivity index (χ0n) is 11.0. The van der Waals surface area contributed by atoms with E-state index >= 15 is 0 Å². The number of hydrogen-bond acceptors (Lipinski definition) is 4. The maximum atomic E-state index is 5.87. The summed E-state index contributed by atoms with van der Waals surface area (Å²) >= 11 is 5.87. The number of H-pyrrole nitrogens is 1. The molecule has 0 radical (unpaired) electrons. The lowest BCUT2D eigenvalue weighted by molar-refractivity contribution is 0.172. The molecule has 6 heteroatoms. The van der Waals surface area contributed by atoms with Crippen molar-refractivity contribution < 1.29 is 9.47 Å². The number of halogens is 1. The Balaban J connectivity index is 1.68. The van der Waals surface area contributed by atoms with E-state index < -0.39 is 0 Å². The van der Waals surface area contributed by atoms with Gasteiger partial charge < -0.3 is 19.8 Å². The molecule has 2 aromatic carbocycles. The summed E-state index contributed by atoms with van der Waals surface area (Å²) in [7, 11) is 0. The molecule has 1 aromatic heterocycles. The molecule has 0 aliphatic carbocycles. The Morgan fingerprint density at radius 3 is 2.52 bits per heavy atom. The molecular formula is C15H12ClN3O2. The zero-order valence-corrected chi connectivity index (χ0v) is 11.8. The Morgan fingerprint density at radius 2 is 1.76 bits per heavy atom. The third-order valence-corrected chi connectivity index (χ3v) is 3.50. The van der Waals surface area contributed by atoms with Crippen molar-refractivity contribution in [2.75, 3.05) is 18.5 Å². The molecule has 2 N–H and O–H groups in total. The van der Waals surface area contributed by atoms with Gasteiger partial charge in [-0.05, 0) is 24.3 Å². The van der Waals surface area contributed by atoms with Crippen molar-refractivity contribution in [1.82, 2.24) is 9.97 Å². The van der Waals surface area contributed by atoms with E-state index in [9.17, 15) is 0 Å². The molecule has 0 atom stereocenters. The number of fused-ring (bicyclic) bond motifs is 2.